The van der Waals surface area contributed by atoms with E-state index in [-0.39, 0.29) is 12.6 Å². The second-order valence-electron chi connectivity index (χ2n) is 4.81. The molecular weight excluding hydrogens is 332 g/mol. The third-order valence-corrected chi connectivity index (χ3v) is 3.72. The first-order chi connectivity index (χ1) is 10.3. The number of rotatable bonds is 5. The zero-order valence-electron chi connectivity index (χ0n) is 11.3. The molecule has 0 aliphatic carbocycles. The molecule has 21 heavy (non-hydrogen) atoms. The van der Waals surface area contributed by atoms with Crippen molar-refractivity contribution in [1.82, 2.24) is 15.0 Å². The number of fused-ring (bicyclic) bond motifs is 1. The van der Waals surface area contributed by atoms with Crippen LogP contribution in [0.4, 0.5) is 5.95 Å². The van der Waals surface area contributed by atoms with Gasteiger partial charge in [-0.3, -0.25) is 0 Å². The summed E-state index contributed by atoms with van der Waals surface area (Å²) in [5.74, 6) is 0.511. The van der Waals surface area contributed by atoms with E-state index in [2.05, 4.69) is 42.3 Å². The highest BCUT2D eigenvalue weighted by Gasteiger charge is 2.12. The molecule has 0 aliphatic rings. The number of hydrogen-bond donors (Lipinski definition) is 3. The largest absolute Gasteiger partial charge is 0.394 e. The third-order valence-electron chi connectivity index (χ3n) is 3.32. The van der Waals surface area contributed by atoms with Gasteiger partial charge < -0.3 is 15.4 Å². The van der Waals surface area contributed by atoms with Crippen LogP contribution >= 0.6 is 15.9 Å². The molecule has 0 bridgehead atoms. The maximum absolute atomic E-state index is 9.58. The number of H-pyrrole nitrogens is 1. The molecule has 0 saturated heterocycles. The second-order valence-corrected chi connectivity index (χ2v) is 5.73. The number of para-hydroxylation sites is 1. The molecule has 0 amide bonds. The molecule has 6 heteroatoms. The number of aliphatic hydroxyl groups is 1. The minimum Gasteiger partial charge on any atom is -0.394 e. The van der Waals surface area contributed by atoms with Gasteiger partial charge in [0.05, 0.1) is 17.1 Å². The highest BCUT2D eigenvalue weighted by Crippen LogP contribution is 2.19. The number of hydrogen-bond acceptors (Lipinski definition) is 4. The molecule has 2 heterocycles. The van der Waals surface area contributed by atoms with Crippen molar-refractivity contribution in [3.8, 4) is 0 Å². The lowest BCUT2D eigenvalue weighted by atomic mass is 10.1. The Morgan fingerprint density at radius 1 is 1.24 bits per heavy atom. The van der Waals surface area contributed by atoms with Crippen molar-refractivity contribution < 1.29 is 5.11 Å². The molecule has 0 saturated carbocycles. The lowest BCUT2D eigenvalue weighted by Gasteiger charge is -2.15. The fourth-order valence-electron chi connectivity index (χ4n) is 2.30. The van der Waals surface area contributed by atoms with Crippen molar-refractivity contribution in [1.29, 1.82) is 0 Å². The Balaban J connectivity index is 1.76. The van der Waals surface area contributed by atoms with Gasteiger partial charge in [-0.05, 0) is 34.0 Å². The fourth-order valence-corrected chi connectivity index (χ4v) is 2.50. The van der Waals surface area contributed by atoms with Crippen LogP contribution < -0.4 is 5.32 Å². The number of nitrogens with one attached hydrogen (secondary N) is 2. The maximum atomic E-state index is 9.58. The Bertz CT molecular complexity index is 726. The predicted molar refractivity (Wildman–Crippen MR) is 86.2 cm³/mol. The van der Waals surface area contributed by atoms with E-state index in [1.54, 1.807) is 12.4 Å². The SMILES string of the molecule is OC[C@@H](Cc1c[nH]c2ccccc12)Nc1ncc(Br)cn1. The normalized spacial score (nSPS) is 12.5. The Morgan fingerprint density at radius 3 is 2.76 bits per heavy atom. The van der Waals surface area contributed by atoms with Crippen LogP contribution in [0, 0.1) is 0 Å². The lowest BCUT2D eigenvalue weighted by molar-refractivity contribution is 0.273. The summed E-state index contributed by atoms with van der Waals surface area (Å²) >= 11 is 3.30. The number of halogens is 1. The molecule has 0 radical (unpaired) electrons. The number of benzene rings is 1. The monoisotopic (exact) mass is 346 g/mol. The Kier molecular flexibility index (Phi) is 4.17. The third kappa shape index (κ3) is 3.22. The van der Waals surface area contributed by atoms with Gasteiger partial charge >= 0.3 is 0 Å². The first-order valence-corrected chi connectivity index (χ1v) is 7.45. The summed E-state index contributed by atoms with van der Waals surface area (Å²) < 4.78 is 0.824. The molecule has 0 unspecified atom stereocenters. The van der Waals surface area contributed by atoms with Crippen LogP contribution in [0.15, 0.2) is 47.3 Å². The number of nitrogens with zero attached hydrogens (tertiary/aromatic N) is 2. The van der Waals surface area contributed by atoms with E-state index in [1.165, 1.54) is 5.39 Å². The van der Waals surface area contributed by atoms with Gasteiger partial charge in [-0.25, -0.2) is 9.97 Å². The van der Waals surface area contributed by atoms with Gasteiger partial charge in [0.1, 0.15) is 0 Å². The molecule has 3 rings (SSSR count). The van der Waals surface area contributed by atoms with E-state index in [1.807, 2.05) is 24.4 Å². The number of aromatic amines is 1. The molecule has 2 aromatic heterocycles. The van der Waals surface area contributed by atoms with Crippen LogP contribution in [-0.2, 0) is 6.42 Å². The van der Waals surface area contributed by atoms with Gasteiger partial charge in [0, 0.05) is 29.5 Å². The van der Waals surface area contributed by atoms with Crippen molar-refractivity contribution in [2.24, 2.45) is 0 Å². The van der Waals surface area contributed by atoms with E-state index in [0.717, 1.165) is 15.6 Å². The number of anilines is 1. The van der Waals surface area contributed by atoms with Crippen molar-refractivity contribution in [3.05, 3.63) is 52.9 Å². The average molecular weight is 347 g/mol. The van der Waals surface area contributed by atoms with E-state index in [4.69, 9.17) is 0 Å². The average Bonchev–Trinajstić information content (AvgIpc) is 2.92. The molecule has 0 aliphatic heterocycles. The molecule has 5 nitrogen and oxygen atoms in total. The lowest BCUT2D eigenvalue weighted by Crippen LogP contribution is -2.27. The smallest absolute Gasteiger partial charge is 0.222 e. The topological polar surface area (TPSA) is 73.8 Å². The zero-order chi connectivity index (χ0) is 14.7. The van der Waals surface area contributed by atoms with Crippen molar-refractivity contribution >= 4 is 32.8 Å². The van der Waals surface area contributed by atoms with Gasteiger partial charge in [-0.15, -0.1) is 0 Å². The predicted octanol–water partition coefficient (Wildman–Crippen LogP) is 2.74. The molecule has 0 spiro atoms. The summed E-state index contributed by atoms with van der Waals surface area (Å²) in [4.78, 5) is 11.6. The molecular formula is C15H15BrN4O. The van der Waals surface area contributed by atoms with E-state index in [0.29, 0.717) is 12.4 Å². The summed E-state index contributed by atoms with van der Waals surface area (Å²) in [7, 11) is 0. The quantitative estimate of drug-likeness (QED) is 0.664. The van der Waals surface area contributed by atoms with Gasteiger partial charge in [0.25, 0.3) is 0 Å². The number of aromatic nitrogens is 3. The summed E-state index contributed by atoms with van der Waals surface area (Å²) in [6, 6.07) is 7.99. The van der Waals surface area contributed by atoms with E-state index < -0.39 is 0 Å². The first kappa shape index (κ1) is 14.0. The molecule has 3 N–H and O–H groups in total. The van der Waals surface area contributed by atoms with E-state index in [9.17, 15) is 5.11 Å². The standard InChI is InChI=1S/C15H15BrN4O/c16-11-7-18-15(19-8-11)20-12(9-21)5-10-6-17-14-4-2-1-3-13(10)14/h1-4,6-8,12,17,21H,5,9H2,(H,18,19,20)/t12-/m1/s1. The summed E-state index contributed by atoms with van der Waals surface area (Å²) in [5, 5.41) is 13.9. The van der Waals surface area contributed by atoms with Crippen molar-refractivity contribution in [2.45, 2.75) is 12.5 Å². The van der Waals surface area contributed by atoms with Crippen LogP contribution in [0.25, 0.3) is 10.9 Å². The minimum absolute atomic E-state index is 0.0128. The maximum Gasteiger partial charge on any atom is 0.222 e. The fraction of sp³-hybridized carbons (Fsp3) is 0.200. The molecule has 3 aromatic rings. The molecule has 108 valence electrons. The highest BCUT2D eigenvalue weighted by molar-refractivity contribution is 9.10. The summed E-state index contributed by atoms with van der Waals surface area (Å²) in [6.45, 7) is 0.0128. The van der Waals surface area contributed by atoms with Crippen LogP contribution in [0.5, 0.6) is 0 Å². The second kappa shape index (κ2) is 6.24. The molecule has 0 fully saturated rings. The van der Waals surface area contributed by atoms with Gasteiger partial charge in [0.15, 0.2) is 0 Å². The number of aliphatic hydroxyl groups excluding tert-OH is 1. The van der Waals surface area contributed by atoms with Gasteiger partial charge in [0.2, 0.25) is 5.95 Å². The van der Waals surface area contributed by atoms with Crippen LogP contribution in [0.3, 0.4) is 0 Å². The van der Waals surface area contributed by atoms with Crippen LogP contribution in [-0.4, -0.2) is 32.7 Å². The highest BCUT2D eigenvalue weighted by atomic mass is 79.9. The first-order valence-electron chi connectivity index (χ1n) is 6.66. The Hall–Kier alpha value is -1.92. The van der Waals surface area contributed by atoms with Gasteiger partial charge in [-0.2, -0.15) is 0 Å². The Labute approximate surface area is 130 Å². The Morgan fingerprint density at radius 2 is 2.00 bits per heavy atom. The summed E-state index contributed by atoms with van der Waals surface area (Å²) in [5.41, 5.74) is 2.26. The molecule has 1 atom stereocenters. The zero-order valence-corrected chi connectivity index (χ0v) is 12.8. The molecule has 1 aromatic carbocycles. The van der Waals surface area contributed by atoms with E-state index >= 15 is 0 Å². The minimum atomic E-state index is -0.134. The van der Waals surface area contributed by atoms with Crippen molar-refractivity contribution in [2.75, 3.05) is 11.9 Å². The van der Waals surface area contributed by atoms with Crippen LogP contribution in [0.2, 0.25) is 0 Å². The van der Waals surface area contributed by atoms with Crippen LogP contribution in [0.1, 0.15) is 5.56 Å². The van der Waals surface area contributed by atoms with Crippen molar-refractivity contribution in [3.63, 3.8) is 0 Å². The van der Waals surface area contributed by atoms with Gasteiger partial charge in [-0.1, -0.05) is 18.2 Å². The summed E-state index contributed by atoms with van der Waals surface area (Å²) in [6.07, 6.45) is 6.03.